The summed E-state index contributed by atoms with van der Waals surface area (Å²) in [6.07, 6.45) is 10.5. The summed E-state index contributed by atoms with van der Waals surface area (Å²) in [6, 6.07) is 0. The van der Waals surface area contributed by atoms with E-state index >= 15 is 0 Å². The van der Waals surface area contributed by atoms with Gasteiger partial charge in [-0.05, 0) is 81.6 Å². The van der Waals surface area contributed by atoms with Crippen molar-refractivity contribution in [1.82, 2.24) is 0 Å². The van der Waals surface area contributed by atoms with Crippen molar-refractivity contribution < 1.29 is 22.0 Å². The molecule has 0 spiro atoms. The van der Waals surface area contributed by atoms with Gasteiger partial charge in [0.05, 0.1) is 5.57 Å². The maximum Gasteiger partial charge on any atom is 0.458 e. The van der Waals surface area contributed by atoms with Crippen molar-refractivity contribution in [3.8, 4) is 11.8 Å². The fourth-order valence-electron chi connectivity index (χ4n) is 4.55. The normalized spacial score (nSPS) is 30.0. The second-order valence-electron chi connectivity index (χ2n) is 8.57. The largest absolute Gasteiger partial charge is 0.458 e. The van der Waals surface area contributed by atoms with E-state index in [1.165, 1.54) is 38.5 Å². The summed E-state index contributed by atoms with van der Waals surface area (Å²) >= 11 is 0. The van der Waals surface area contributed by atoms with Crippen LogP contribution in [-0.2, 0) is 0 Å². The standard InChI is InChI=1S/C24H31F5/c1-17-7-11-20(12-8-17)21-13-9-19(10-14-21)5-3-4-6-23(26)22(18(2)25)15-16-24(27,28)29/h3,5-6,17,19-21H,4,7-14H2,1-2H3/b5-3+,22-18+,23-6+. The molecule has 0 bridgehead atoms. The summed E-state index contributed by atoms with van der Waals surface area (Å²) in [4.78, 5) is 0. The second kappa shape index (κ2) is 11.0. The van der Waals surface area contributed by atoms with Gasteiger partial charge in [-0.1, -0.05) is 37.8 Å². The van der Waals surface area contributed by atoms with Gasteiger partial charge in [0, 0.05) is 5.92 Å². The minimum Gasteiger partial charge on any atom is -0.211 e. The van der Waals surface area contributed by atoms with E-state index in [0.29, 0.717) is 5.92 Å². The highest BCUT2D eigenvalue weighted by atomic mass is 19.4. The first-order valence-corrected chi connectivity index (χ1v) is 10.6. The molecule has 0 atom stereocenters. The van der Waals surface area contributed by atoms with Crippen LogP contribution in [0.25, 0.3) is 0 Å². The van der Waals surface area contributed by atoms with E-state index in [1.54, 1.807) is 5.92 Å². The Morgan fingerprint density at radius 3 is 2.00 bits per heavy atom. The van der Waals surface area contributed by atoms with Crippen LogP contribution in [0.15, 0.2) is 35.5 Å². The Bertz CT molecular complexity index is 666. The number of hydrogen-bond acceptors (Lipinski definition) is 0. The average molecular weight is 415 g/mol. The molecule has 0 unspecified atom stereocenters. The van der Waals surface area contributed by atoms with E-state index < -0.39 is 23.4 Å². The van der Waals surface area contributed by atoms with Crippen molar-refractivity contribution in [2.75, 3.05) is 0 Å². The van der Waals surface area contributed by atoms with Crippen molar-refractivity contribution >= 4 is 0 Å². The summed E-state index contributed by atoms with van der Waals surface area (Å²) in [5, 5.41) is 0. The van der Waals surface area contributed by atoms with Gasteiger partial charge in [0.15, 0.2) is 0 Å². The minimum absolute atomic E-state index is 0.205. The van der Waals surface area contributed by atoms with Crippen LogP contribution in [0.5, 0.6) is 0 Å². The highest BCUT2D eigenvalue weighted by molar-refractivity contribution is 5.44. The van der Waals surface area contributed by atoms with E-state index in [2.05, 4.69) is 13.0 Å². The van der Waals surface area contributed by atoms with Gasteiger partial charge in [-0.25, -0.2) is 8.78 Å². The van der Waals surface area contributed by atoms with Gasteiger partial charge in [-0.2, -0.15) is 13.2 Å². The molecule has 2 saturated carbocycles. The van der Waals surface area contributed by atoms with Crippen LogP contribution >= 0.6 is 0 Å². The van der Waals surface area contributed by atoms with Crippen LogP contribution < -0.4 is 0 Å². The Labute approximate surface area is 171 Å². The molecule has 0 aromatic rings. The molecule has 0 aromatic carbocycles. The van der Waals surface area contributed by atoms with Gasteiger partial charge in [0.1, 0.15) is 11.7 Å². The third-order valence-electron chi connectivity index (χ3n) is 6.30. The number of halogens is 5. The van der Waals surface area contributed by atoms with Crippen LogP contribution in [0.3, 0.4) is 0 Å². The predicted octanol–water partition coefficient (Wildman–Crippen LogP) is 8.23. The molecule has 0 aliphatic heterocycles. The molecule has 0 aromatic heterocycles. The van der Waals surface area contributed by atoms with E-state index in [-0.39, 0.29) is 6.42 Å². The lowest BCUT2D eigenvalue weighted by molar-refractivity contribution is -0.0696. The summed E-state index contributed by atoms with van der Waals surface area (Å²) < 4.78 is 63.8. The Hall–Kier alpha value is -1.57. The molecule has 5 heteroatoms. The maximum atomic E-state index is 14.0. The predicted molar refractivity (Wildman–Crippen MR) is 107 cm³/mol. The molecule has 0 nitrogen and oxygen atoms in total. The third kappa shape index (κ3) is 8.36. The Kier molecular flexibility index (Phi) is 8.99. The quantitative estimate of drug-likeness (QED) is 0.184. The van der Waals surface area contributed by atoms with E-state index in [1.807, 2.05) is 6.08 Å². The molecule has 2 aliphatic carbocycles. The van der Waals surface area contributed by atoms with Crippen LogP contribution in [0.4, 0.5) is 22.0 Å². The summed E-state index contributed by atoms with van der Waals surface area (Å²) in [5.41, 5.74) is -0.835. The van der Waals surface area contributed by atoms with Gasteiger partial charge in [0.25, 0.3) is 0 Å². The number of alkyl halides is 3. The van der Waals surface area contributed by atoms with Crippen molar-refractivity contribution in [2.45, 2.75) is 77.8 Å². The van der Waals surface area contributed by atoms with Crippen molar-refractivity contribution in [3.63, 3.8) is 0 Å². The fourth-order valence-corrected chi connectivity index (χ4v) is 4.55. The van der Waals surface area contributed by atoms with E-state index in [4.69, 9.17) is 0 Å². The topological polar surface area (TPSA) is 0 Å². The van der Waals surface area contributed by atoms with Gasteiger partial charge in [-0.15, -0.1) is 0 Å². The van der Waals surface area contributed by atoms with Gasteiger partial charge in [-0.3, -0.25) is 0 Å². The molecule has 0 radical (unpaired) electrons. The average Bonchev–Trinajstić information content (AvgIpc) is 2.65. The van der Waals surface area contributed by atoms with Crippen LogP contribution in [0.2, 0.25) is 0 Å². The first kappa shape index (κ1) is 23.7. The molecule has 2 fully saturated rings. The lowest BCUT2D eigenvalue weighted by Crippen LogP contribution is -2.24. The highest BCUT2D eigenvalue weighted by Crippen LogP contribution is 2.41. The van der Waals surface area contributed by atoms with Crippen LogP contribution in [0, 0.1) is 35.5 Å². The van der Waals surface area contributed by atoms with Crippen LogP contribution in [0.1, 0.15) is 71.6 Å². The highest BCUT2D eigenvalue weighted by Gasteiger charge is 2.29. The van der Waals surface area contributed by atoms with Crippen molar-refractivity contribution in [3.05, 3.63) is 35.5 Å². The van der Waals surface area contributed by atoms with Crippen molar-refractivity contribution in [1.29, 1.82) is 0 Å². The maximum absolute atomic E-state index is 14.0. The monoisotopic (exact) mass is 414 g/mol. The first-order valence-electron chi connectivity index (χ1n) is 10.6. The summed E-state index contributed by atoms with van der Waals surface area (Å²) in [7, 11) is 0. The molecule has 0 heterocycles. The number of hydrogen-bond donors (Lipinski definition) is 0. The summed E-state index contributed by atoms with van der Waals surface area (Å²) in [5.74, 6) is 3.39. The third-order valence-corrected chi connectivity index (χ3v) is 6.30. The molecule has 0 amide bonds. The zero-order chi connectivity index (χ0) is 21.4. The van der Waals surface area contributed by atoms with Gasteiger partial charge >= 0.3 is 6.18 Å². The molecular weight excluding hydrogens is 383 g/mol. The SMILES string of the molecule is C/C(F)=C(C#CC(F)(F)F)\C(F)=C/C/C=C/C1CCC(C2CCC(C)CC2)CC1. The lowest BCUT2D eigenvalue weighted by atomic mass is 9.69. The molecule has 162 valence electrons. The first-order chi connectivity index (χ1) is 13.7. The smallest absolute Gasteiger partial charge is 0.211 e. The Balaban J connectivity index is 1.81. The van der Waals surface area contributed by atoms with E-state index in [0.717, 1.165) is 49.5 Å². The number of rotatable bonds is 5. The number of allylic oxidation sites excluding steroid dienone is 6. The summed E-state index contributed by atoms with van der Waals surface area (Å²) in [6.45, 7) is 3.24. The molecule has 2 aliphatic rings. The van der Waals surface area contributed by atoms with E-state index in [9.17, 15) is 22.0 Å². The van der Waals surface area contributed by atoms with Crippen molar-refractivity contribution in [2.24, 2.45) is 23.7 Å². The molecule has 0 N–H and O–H groups in total. The lowest BCUT2D eigenvalue weighted by Gasteiger charge is -2.36. The zero-order valence-electron chi connectivity index (χ0n) is 17.3. The minimum atomic E-state index is -4.78. The van der Waals surface area contributed by atoms with Gasteiger partial charge < -0.3 is 0 Å². The molecular formula is C24H31F5. The Morgan fingerprint density at radius 2 is 1.48 bits per heavy atom. The Morgan fingerprint density at radius 1 is 0.931 bits per heavy atom. The molecule has 0 saturated heterocycles. The fraction of sp³-hybridized carbons (Fsp3) is 0.667. The second-order valence-corrected chi connectivity index (χ2v) is 8.57. The van der Waals surface area contributed by atoms with Gasteiger partial charge in [0.2, 0.25) is 0 Å². The zero-order valence-corrected chi connectivity index (χ0v) is 17.3. The molecule has 2 rings (SSSR count). The molecule has 29 heavy (non-hydrogen) atoms. The van der Waals surface area contributed by atoms with Crippen LogP contribution in [-0.4, -0.2) is 6.18 Å².